The number of hydrogen-bond acceptors (Lipinski definition) is 8. The first kappa shape index (κ1) is 60.5. The standard InChI is InChI=1S/C51H103O9P/c1-3-5-7-9-11-13-15-17-19-21-22-23-24-25-26-27-28-30-32-34-36-38-40-42-44-57-47-50(48-59-61(55,56)58-46-49(53)45-52)60-51(54)43-41-39-37-35-33-31-29-20-18-16-14-12-10-8-6-4-2/h49-50,52-53H,3-48H2,1-2H3,(H,55,56). The molecule has 3 atom stereocenters. The molecule has 0 rings (SSSR count). The topological polar surface area (TPSA) is 132 Å². The largest absolute Gasteiger partial charge is 0.472 e. The van der Waals surface area contributed by atoms with Crippen LogP contribution < -0.4 is 0 Å². The number of esters is 1. The highest BCUT2D eigenvalue weighted by Crippen LogP contribution is 2.43. The Kier molecular flexibility index (Phi) is 48.5. The number of rotatable bonds is 52. The van der Waals surface area contributed by atoms with Gasteiger partial charge in [-0.3, -0.25) is 13.8 Å². The molecule has 0 aromatic rings. The van der Waals surface area contributed by atoms with Crippen LogP contribution >= 0.6 is 7.82 Å². The lowest BCUT2D eigenvalue weighted by Crippen LogP contribution is -2.29. The van der Waals surface area contributed by atoms with Crippen LogP contribution in [0.15, 0.2) is 0 Å². The third-order valence-corrected chi connectivity index (χ3v) is 13.0. The maximum Gasteiger partial charge on any atom is 0.472 e. The van der Waals surface area contributed by atoms with Crippen LogP contribution in [0.25, 0.3) is 0 Å². The van der Waals surface area contributed by atoms with Crippen molar-refractivity contribution >= 4 is 13.8 Å². The van der Waals surface area contributed by atoms with E-state index in [1.807, 2.05) is 0 Å². The number of aliphatic hydroxyl groups excluding tert-OH is 2. The average Bonchev–Trinajstić information content (AvgIpc) is 3.25. The van der Waals surface area contributed by atoms with Gasteiger partial charge in [0.25, 0.3) is 0 Å². The van der Waals surface area contributed by atoms with Crippen LogP contribution in [0.2, 0.25) is 0 Å². The summed E-state index contributed by atoms with van der Waals surface area (Å²) >= 11 is 0. The van der Waals surface area contributed by atoms with Crippen molar-refractivity contribution in [3.63, 3.8) is 0 Å². The van der Waals surface area contributed by atoms with Gasteiger partial charge in [0.2, 0.25) is 0 Å². The highest BCUT2D eigenvalue weighted by molar-refractivity contribution is 7.47. The van der Waals surface area contributed by atoms with E-state index in [9.17, 15) is 19.4 Å². The number of carbonyl (C=O) groups excluding carboxylic acids is 1. The normalized spacial score (nSPS) is 13.7. The van der Waals surface area contributed by atoms with Gasteiger partial charge in [-0.1, -0.05) is 258 Å². The van der Waals surface area contributed by atoms with Gasteiger partial charge in [0.15, 0.2) is 0 Å². The Hall–Kier alpha value is -0.540. The quantitative estimate of drug-likeness (QED) is 0.0310. The molecule has 0 saturated carbocycles. The Balaban J connectivity index is 3.96. The first-order valence-corrected chi connectivity index (χ1v) is 28.0. The van der Waals surface area contributed by atoms with Gasteiger partial charge in [0.1, 0.15) is 12.2 Å². The van der Waals surface area contributed by atoms with E-state index in [1.54, 1.807) is 0 Å². The van der Waals surface area contributed by atoms with E-state index in [4.69, 9.17) is 23.6 Å². The first-order valence-electron chi connectivity index (χ1n) is 26.5. The summed E-state index contributed by atoms with van der Waals surface area (Å²) in [7, 11) is -4.51. The van der Waals surface area contributed by atoms with Crippen molar-refractivity contribution in [2.75, 3.05) is 33.0 Å². The smallest absolute Gasteiger partial charge is 0.457 e. The van der Waals surface area contributed by atoms with Crippen LogP contribution in [0.3, 0.4) is 0 Å². The van der Waals surface area contributed by atoms with Crippen molar-refractivity contribution in [3.8, 4) is 0 Å². The summed E-state index contributed by atoms with van der Waals surface area (Å²) in [4.78, 5) is 22.7. The maximum atomic E-state index is 12.7. The SMILES string of the molecule is CCCCCCCCCCCCCCCCCCCCCCCCCCOCC(COP(=O)(O)OCC(O)CO)OC(=O)CCCCCCCCCCCCCCCCCC. The van der Waals surface area contributed by atoms with E-state index >= 15 is 0 Å². The molecule has 0 amide bonds. The minimum atomic E-state index is -4.51. The van der Waals surface area contributed by atoms with Crippen LogP contribution in [0.5, 0.6) is 0 Å². The monoisotopic (exact) mass is 891 g/mol. The molecule has 10 heteroatoms. The average molecular weight is 891 g/mol. The van der Waals surface area contributed by atoms with E-state index in [0.717, 1.165) is 32.1 Å². The Morgan fingerprint density at radius 2 is 0.738 bits per heavy atom. The number of ether oxygens (including phenoxy) is 2. The molecule has 61 heavy (non-hydrogen) atoms. The number of unbranched alkanes of at least 4 members (excludes halogenated alkanes) is 38. The maximum absolute atomic E-state index is 12.7. The molecule has 3 N–H and O–H groups in total. The van der Waals surface area contributed by atoms with Gasteiger partial charge in [-0.15, -0.1) is 0 Å². The lowest BCUT2D eigenvalue weighted by molar-refractivity contribution is -0.154. The highest BCUT2D eigenvalue weighted by Gasteiger charge is 2.26. The second-order valence-corrected chi connectivity index (χ2v) is 19.7. The third-order valence-electron chi connectivity index (χ3n) is 12.0. The number of aliphatic hydroxyl groups is 2. The first-order chi connectivity index (χ1) is 29.8. The van der Waals surface area contributed by atoms with Gasteiger partial charge >= 0.3 is 13.8 Å². The number of phosphoric acid groups is 1. The molecule has 0 aliphatic heterocycles. The molecule has 0 aromatic carbocycles. The molecule has 3 unspecified atom stereocenters. The fourth-order valence-corrected chi connectivity index (χ4v) is 8.80. The fraction of sp³-hybridized carbons (Fsp3) is 0.980. The van der Waals surface area contributed by atoms with Gasteiger partial charge in [0, 0.05) is 13.0 Å². The van der Waals surface area contributed by atoms with Crippen LogP contribution in [0.1, 0.15) is 277 Å². The van der Waals surface area contributed by atoms with Crippen molar-refractivity contribution in [2.45, 2.75) is 289 Å². The molecular weight excluding hydrogens is 788 g/mol. The molecule has 0 heterocycles. The van der Waals surface area contributed by atoms with E-state index in [1.165, 1.54) is 225 Å². The molecule has 0 spiro atoms. The van der Waals surface area contributed by atoms with Gasteiger partial charge in [-0.05, 0) is 12.8 Å². The lowest BCUT2D eigenvalue weighted by atomic mass is 10.0. The second-order valence-electron chi connectivity index (χ2n) is 18.3. The van der Waals surface area contributed by atoms with E-state index in [-0.39, 0.29) is 25.6 Å². The zero-order valence-corrected chi connectivity index (χ0v) is 41.3. The van der Waals surface area contributed by atoms with E-state index in [2.05, 4.69) is 13.8 Å². The third kappa shape index (κ3) is 48.7. The Labute approximate surface area is 378 Å². The predicted molar refractivity (Wildman–Crippen MR) is 256 cm³/mol. The fourth-order valence-electron chi connectivity index (χ4n) is 8.01. The van der Waals surface area contributed by atoms with E-state index < -0.39 is 33.2 Å². The second kappa shape index (κ2) is 48.9. The van der Waals surface area contributed by atoms with Crippen LogP contribution in [0, 0.1) is 0 Å². The zero-order valence-electron chi connectivity index (χ0n) is 40.4. The molecular formula is C51H103O9P. The summed E-state index contributed by atoms with van der Waals surface area (Å²) in [5.41, 5.74) is 0. The minimum absolute atomic E-state index is 0.0589. The summed E-state index contributed by atoms with van der Waals surface area (Å²) < 4.78 is 33.6. The Bertz CT molecular complexity index is 922. The Morgan fingerprint density at radius 3 is 1.07 bits per heavy atom. The van der Waals surface area contributed by atoms with Gasteiger partial charge in [-0.25, -0.2) is 4.57 Å². The number of carbonyl (C=O) groups is 1. The van der Waals surface area contributed by atoms with Crippen molar-refractivity contribution < 1.29 is 43.0 Å². The molecule has 9 nitrogen and oxygen atoms in total. The molecule has 0 radical (unpaired) electrons. The van der Waals surface area contributed by atoms with E-state index in [0.29, 0.717) is 6.61 Å². The molecule has 0 aromatic heterocycles. The summed E-state index contributed by atoms with van der Waals surface area (Å²) in [6.07, 6.45) is 50.8. The van der Waals surface area contributed by atoms with Crippen LogP contribution in [-0.4, -0.2) is 66.3 Å². The zero-order chi connectivity index (χ0) is 44.6. The molecule has 0 bridgehead atoms. The minimum Gasteiger partial charge on any atom is -0.457 e. The Morgan fingerprint density at radius 1 is 0.443 bits per heavy atom. The van der Waals surface area contributed by atoms with Crippen molar-refractivity contribution in [1.82, 2.24) is 0 Å². The van der Waals surface area contributed by atoms with Crippen molar-refractivity contribution in [2.24, 2.45) is 0 Å². The van der Waals surface area contributed by atoms with Crippen LogP contribution in [0.4, 0.5) is 0 Å². The number of phosphoric ester groups is 1. The summed E-state index contributed by atoms with van der Waals surface area (Å²) in [6.45, 7) is 3.61. The van der Waals surface area contributed by atoms with Gasteiger partial charge in [-0.2, -0.15) is 0 Å². The van der Waals surface area contributed by atoms with Gasteiger partial charge in [0.05, 0.1) is 26.4 Å². The predicted octanol–water partition coefficient (Wildman–Crippen LogP) is 15.4. The number of hydrogen-bond donors (Lipinski definition) is 3. The van der Waals surface area contributed by atoms with Gasteiger partial charge < -0.3 is 24.6 Å². The van der Waals surface area contributed by atoms with Crippen molar-refractivity contribution in [3.05, 3.63) is 0 Å². The molecule has 0 saturated heterocycles. The molecule has 0 fully saturated rings. The summed E-state index contributed by atoms with van der Waals surface area (Å²) in [6, 6.07) is 0. The molecule has 366 valence electrons. The van der Waals surface area contributed by atoms with Crippen LogP contribution in [-0.2, 0) is 27.9 Å². The highest BCUT2D eigenvalue weighted by atomic mass is 31.2. The van der Waals surface area contributed by atoms with Crippen molar-refractivity contribution in [1.29, 1.82) is 0 Å². The summed E-state index contributed by atoms with van der Waals surface area (Å²) in [5.74, 6) is -0.373. The molecule has 0 aliphatic carbocycles. The molecule has 0 aliphatic rings. The summed E-state index contributed by atoms with van der Waals surface area (Å²) in [5, 5.41) is 18.4. The lowest BCUT2D eigenvalue weighted by Gasteiger charge is -2.20.